The molecule has 1 amide bonds. The van der Waals surface area contributed by atoms with Gasteiger partial charge in [0.15, 0.2) is 5.78 Å². The summed E-state index contributed by atoms with van der Waals surface area (Å²) in [6.45, 7) is 2.27. The first kappa shape index (κ1) is 15.3. The molecule has 0 fully saturated rings. The maximum Gasteiger partial charge on any atom is 0.224 e. The van der Waals surface area contributed by atoms with E-state index in [1.165, 1.54) is 12.5 Å². The van der Waals surface area contributed by atoms with Gasteiger partial charge in [0.25, 0.3) is 0 Å². The second kappa shape index (κ2) is 6.65. The number of benzene rings is 2. The summed E-state index contributed by atoms with van der Waals surface area (Å²) in [5.41, 5.74) is 3.73. The number of hydrogen-bond donors (Lipinski definition) is 1. The Morgan fingerprint density at radius 3 is 2.65 bits per heavy atom. The van der Waals surface area contributed by atoms with Gasteiger partial charge in [0, 0.05) is 24.1 Å². The number of Topliss-reactive ketones (excluding diaryl/α,β-unsaturated/α-hetero) is 1. The number of ketones is 1. The lowest BCUT2D eigenvalue weighted by Crippen LogP contribution is -2.12. The molecule has 23 heavy (non-hydrogen) atoms. The van der Waals surface area contributed by atoms with Crippen LogP contribution in [0.5, 0.6) is 5.75 Å². The van der Waals surface area contributed by atoms with E-state index in [-0.39, 0.29) is 11.7 Å². The van der Waals surface area contributed by atoms with Crippen molar-refractivity contribution >= 4 is 17.4 Å². The first-order valence-electron chi connectivity index (χ1n) is 7.77. The fourth-order valence-corrected chi connectivity index (χ4v) is 2.67. The summed E-state index contributed by atoms with van der Waals surface area (Å²) in [6.07, 6.45) is 2.07. The molecule has 2 aromatic carbocycles. The second-order valence-electron chi connectivity index (χ2n) is 5.72. The van der Waals surface area contributed by atoms with Crippen LogP contribution in [0.15, 0.2) is 42.5 Å². The summed E-state index contributed by atoms with van der Waals surface area (Å²) >= 11 is 0. The molecular formula is C19H19NO3. The first-order valence-corrected chi connectivity index (χ1v) is 7.77. The van der Waals surface area contributed by atoms with Crippen LogP contribution in [0, 0.1) is 0 Å². The summed E-state index contributed by atoms with van der Waals surface area (Å²) in [4.78, 5) is 23.3. The van der Waals surface area contributed by atoms with Gasteiger partial charge in [-0.05, 0) is 54.8 Å². The summed E-state index contributed by atoms with van der Waals surface area (Å²) in [7, 11) is 0. The van der Waals surface area contributed by atoms with Gasteiger partial charge in [-0.25, -0.2) is 0 Å². The summed E-state index contributed by atoms with van der Waals surface area (Å²) in [5.74, 6) is 0.949. The van der Waals surface area contributed by atoms with Crippen LogP contribution in [0.25, 0.3) is 0 Å². The Kier molecular flexibility index (Phi) is 4.42. The summed E-state index contributed by atoms with van der Waals surface area (Å²) in [5, 5.41) is 2.86. The predicted octanol–water partition coefficient (Wildman–Crippen LogP) is 3.40. The minimum absolute atomic E-state index is 0.0171. The van der Waals surface area contributed by atoms with E-state index in [2.05, 4.69) is 11.4 Å². The van der Waals surface area contributed by atoms with Crippen LogP contribution in [0.4, 0.5) is 5.69 Å². The minimum Gasteiger partial charge on any atom is -0.493 e. The summed E-state index contributed by atoms with van der Waals surface area (Å²) < 4.78 is 5.48. The predicted molar refractivity (Wildman–Crippen MR) is 89.0 cm³/mol. The Morgan fingerprint density at radius 2 is 1.91 bits per heavy atom. The number of nitrogens with one attached hydrogen (secondary N) is 1. The van der Waals surface area contributed by atoms with Crippen LogP contribution in [0.3, 0.4) is 0 Å². The Balaban J connectivity index is 1.54. The van der Waals surface area contributed by atoms with E-state index in [9.17, 15) is 9.59 Å². The van der Waals surface area contributed by atoms with Crippen LogP contribution >= 0.6 is 0 Å². The van der Waals surface area contributed by atoms with Gasteiger partial charge in [0.1, 0.15) is 5.75 Å². The van der Waals surface area contributed by atoms with E-state index in [1.807, 2.05) is 12.1 Å². The third kappa shape index (κ3) is 3.77. The van der Waals surface area contributed by atoms with Crippen molar-refractivity contribution in [1.82, 2.24) is 0 Å². The molecule has 0 radical (unpaired) electrons. The molecule has 1 heterocycles. The van der Waals surface area contributed by atoms with Crippen LogP contribution in [-0.2, 0) is 17.6 Å². The van der Waals surface area contributed by atoms with E-state index < -0.39 is 0 Å². The Hall–Kier alpha value is -2.62. The molecule has 0 atom stereocenters. The van der Waals surface area contributed by atoms with E-state index in [1.54, 1.807) is 24.3 Å². The van der Waals surface area contributed by atoms with Crippen molar-refractivity contribution < 1.29 is 14.3 Å². The van der Waals surface area contributed by atoms with Gasteiger partial charge in [-0.3, -0.25) is 9.59 Å². The number of rotatable bonds is 5. The summed E-state index contributed by atoms with van der Waals surface area (Å²) in [6, 6.07) is 13.1. The number of carbonyl (C=O) groups is 2. The lowest BCUT2D eigenvalue weighted by Gasteiger charge is -2.07. The molecule has 0 saturated heterocycles. The largest absolute Gasteiger partial charge is 0.493 e. The zero-order valence-electron chi connectivity index (χ0n) is 13.1. The van der Waals surface area contributed by atoms with Crippen molar-refractivity contribution in [2.45, 2.75) is 26.2 Å². The van der Waals surface area contributed by atoms with Gasteiger partial charge >= 0.3 is 0 Å². The SMILES string of the molecule is CC(=O)c1ccc(NC(=O)CCc2ccc3c(c2)CCO3)cc1. The smallest absolute Gasteiger partial charge is 0.224 e. The normalized spacial score (nSPS) is 12.4. The number of ether oxygens (including phenoxy) is 1. The molecule has 1 aliphatic heterocycles. The maximum absolute atomic E-state index is 12.0. The number of amides is 1. The highest BCUT2D eigenvalue weighted by Crippen LogP contribution is 2.26. The first-order chi connectivity index (χ1) is 11.1. The van der Waals surface area contributed by atoms with E-state index >= 15 is 0 Å². The molecule has 4 heteroatoms. The molecule has 1 N–H and O–H groups in total. The molecular weight excluding hydrogens is 290 g/mol. The van der Waals surface area contributed by atoms with Crippen molar-refractivity contribution in [3.05, 3.63) is 59.2 Å². The molecule has 118 valence electrons. The van der Waals surface area contributed by atoms with Crippen LogP contribution in [-0.4, -0.2) is 18.3 Å². The number of fused-ring (bicyclic) bond motifs is 1. The van der Waals surface area contributed by atoms with Crippen LogP contribution in [0.2, 0.25) is 0 Å². The fraction of sp³-hybridized carbons (Fsp3) is 0.263. The van der Waals surface area contributed by atoms with Crippen molar-refractivity contribution in [1.29, 1.82) is 0 Å². The van der Waals surface area contributed by atoms with Gasteiger partial charge in [0.05, 0.1) is 6.61 Å². The Morgan fingerprint density at radius 1 is 1.13 bits per heavy atom. The highest BCUT2D eigenvalue weighted by Gasteiger charge is 2.12. The minimum atomic E-state index is -0.0303. The van der Waals surface area contributed by atoms with Crippen molar-refractivity contribution in [2.75, 3.05) is 11.9 Å². The Bertz CT molecular complexity index is 735. The van der Waals surface area contributed by atoms with Gasteiger partial charge in [-0.1, -0.05) is 12.1 Å². The number of carbonyl (C=O) groups excluding carboxylic acids is 2. The molecule has 0 unspecified atom stereocenters. The zero-order chi connectivity index (χ0) is 16.2. The third-order valence-corrected chi connectivity index (χ3v) is 3.97. The van der Waals surface area contributed by atoms with Gasteiger partial charge in [0.2, 0.25) is 5.91 Å². The molecule has 0 bridgehead atoms. The van der Waals surface area contributed by atoms with Crippen molar-refractivity contribution in [3.63, 3.8) is 0 Å². The number of aryl methyl sites for hydroxylation is 1. The van der Waals surface area contributed by atoms with E-state index in [0.717, 1.165) is 24.3 Å². The zero-order valence-corrected chi connectivity index (χ0v) is 13.1. The van der Waals surface area contributed by atoms with Crippen molar-refractivity contribution in [2.24, 2.45) is 0 Å². The molecule has 0 spiro atoms. The van der Waals surface area contributed by atoms with Gasteiger partial charge < -0.3 is 10.1 Å². The molecule has 3 rings (SSSR count). The number of hydrogen-bond acceptors (Lipinski definition) is 3. The molecule has 0 saturated carbocycles. The highest BCUT2D eigenvalue weighted by atomic mass is 16.5. The topological polar surface area (TPSA) is 55.4 Å². The van der Waals surface area contributed by atoms with Crippen LogP contribution in [0.1, 0.15) is 34.8 Å². The molecule has 2 aromatic rings. The highest BCUT2D eigenvalue weighted by molar-refractivity contribution is 5.95. The quantitative estimate of drug-likeness (QED) is 0.861. The molecule has 1 aliphatic rings. The second-order valence-corrected chi connectivity index (χ2v) is 5.72. The van der Waals surface area contributed by atoms with Crippen molar-refractivity contribution in [3.8, 4) is 5.75 Å². The maximum atomic E-state index is 12.0. The fourth-order valence-electron chi connectivity index (χ4n) is 2.67. The molecule has 0 aromatic heterocycles. The lowest BCUT2D eigenvalue weighted by molar-refractivity contribution is -0.116. The standard InChI is InChI=1S/C19H19NO3/c1-13(21)15-4-6-17(7-5-15)20-19(22)9-3-14-2-8-18-16(12-14)10-11-23-18/h2,4-8,12H,3,9-11H2,1H3,(H,20,22). The molecule has 0 aliphatic carbocycles. The average Bonchev–Trinajstić information content (AvgIpc) is 3.01. The molecule has 4 nitrogen and oxygen atoms in total. The Labute approximate surface area is 135 Å². The van der Waals surface area contributed by atoms with Gasteiger partial charge in [-0.15, -0.1) is 0 Å². The van der Waals surface area contributed by atoms with Crippen LogP contribution < -0.4 is 10.1 Å². The van der Waals surface area contributed by atoms with Gasteiger partial charge in [-0.2, -0.15) is 0 Å². The number of anilines is 1. The third-order valence-electron chi connectivity index (χ3n) is 3.97. The van der Waals surface area contributed by atoms with E-state index in [0.29, 0.717) is 24.1 Å². The monoisotopic (exact) mass is 309 g/mol. The lowest BCUT2D eigenvalue weighted by atomic mass is 10.0. The average molecular weight is 309 g/mol. The van der Waals surface area contributed by atoms with E-state index in [4.69, 9.17) is 4.74 Å².